The maximum atomic E-state index is 6.39. The summed E-state index contributed by atoms with van der Waals surface area (Å²) in [5.41, 5.74) is 14.6. The third-order valence-electron chi connectivity index (χ3n) is 4.89. The van der Waals surface area contributed by atoms with Crippen molar-refractivity contribution in [2.45, 2.75) is 13.8 Å². The highest BCUT2D eigenvalue weighted by Gasteiger charge is 2.13. The zero-order valence-electron chi connectivity index (χ0n) is 15.0. The van der Waals surface area contributed by atoms with Gasteiger partial charge in [-0.15, -0.1) is 0 Å². The monoisotopic (exact) mass is 337 g/mol. The SMILES string of the molecule is Cc1cc(-c2c(N)ccc3ccccc23)c(C)cc1-c1ccccc1.[N]. The van der Waals surface area contributed by atoms with E-state index in [9.17, 15) is 0 Å². The minimum Gasteiger partial charge on any atom is -0.398 e. The van der Waals surface area contributed by atoms with Gasteiger partial charge in [0.15, 0.2) is 0 Å². The number of aryl methyl sites for hydroxylation is 2. The Morgan fingerprint density at radius 2 is 1.27 bits per heavy atom. The summed E-state index contributed by atoms with van der Waals surface area (Å²) in [4.78, 5) is 0. The first-order valence-electron chi connectivity index (χ1n) is 8.59. The molecule has 4 aromatic carbocycles. The van der Waals surface area contributed by atoms with Crippen molar-refractivity contribution in [2.24, 2.45) is 0 Å². The summed E-state index contributed by atoms with van der Waals surface area (Å²) in [5, 5.41) is 2.42. The second kappa shape index (κ2) is 7.03. The van der Waals surface area contributed by atoms with Crippen molar-refractivity contribution >= 4 is 16.5 Å². The van der Waals surface area contributed by atoms with Gasteiger partial charge in [-0.05, 0) is 58.5 Å². The third-order valence-corrected chi connectivity index (χ3v) is 4.89. The van der Waals surface area contributed by atoms with E-state index in [1.54, 1.807) is 0 Å². The summed E-state index contributed by atoms with van der Waals surface area (Å²) < 4.78 is 0. The molecule has 0 bridgehead atoms. The first-order chi connectivity index (χ1) is 12.1. The summed E-state index contributed by atoms with van der Waals surface area (Å²) in [6.07, 6.45) is 0. The van der Waals surface area contributed by atoms with Gasteiger partial charge in [0, 0.05) is 17.4 Å². The van der Waals surface area contributed by atoms with Gasteiger partial charge in [0.2, 0.25) is 0 Å². The number of hydrogen-bond donors (Lipinski definition) is 1. The average Bonchev–Trinajstić information content (AvgIpc) is 2.64. The van der Waals surface area contributed by atoms with E-state index in [4.69, 9.17) is 5.73 Å². The Hall–Kier alpha value is -3.10. The van der Waals surface area contributed by atoms with Crippen molar-refractivity contribution < 1.29 is 0 Å². The average molecular weight is 337 g/mol. The van der Waals surface area contributed by atoms with Crippen LogP contribution in [0.1, 0.15) is 11.1 Å². The molecule has 0 saturated heterocycles. The van der Waals surface area contributed by atoms with Gasteiger partial charge in [-0.3, -0.25) is 0 Å². The van der Waals surface area contributed by atoms with Gasteiger partial charge >= 0.3 is 0 Å². The van der Waals surface area contributed by atoms with Crippen molar-refractivity contribution in [2.75, 3.05) is 5.73 Å². The fourth-order valence-corrected chi connectivity index (χ4v) is 3.60. The fraction of sp³-hybridized carbons (Fsp3) is 0.0833. The quantitative estimate of drug-likeness (QED) is 0.455. The zero-order chi connectivity index (χ0) is 17.4. The molecule has 4 rings (SSSR count). The number of fused-ring (bicyclic) bond motifs is 1. The van der Waals surface area contributed by atoms with Crippen LogP contribution >= 0.6 is 0 Å². The second-order valence-electron chi connectivity index (χ2n) is 6.60. The van der Waals surface area contributed by atoms with Crippen LogP contribution < -0.4 is 11.9 Å². The van der Waals surface area contributed by atoms with Crippen LogP contribution in [-0.2, 0) is 0 Å². The van der Waals surface area contributed by atoms with Crippen LogP contribution in [0.25, 0.3) is 33.0 Å². The van der Waals surface area contributed by atoms with Crippen molar-refractivity contribution in [3.63, 3.8) is 0 Å². The summed E-state index contributed by atoms with van der Waals surface area (Å²) in [7, 11) is 0. The van der Waals surface area contributed by atoms with Crippen molar-refractivity contribution in [3.8, 4) is 22.3 Å². The van der Waals surface area contributed by atoms with Gasteiger partial charge < -0.3 is 5.73 Å². The van der Waals surface area contributed by atoms with E-state index in [2.05, 4.69) is 86.6 Å². The molecule has 0 aliphatic rings. The Labute approximate surface area is 154 Å². The van der Waals surface area contributed by atoms with Crippen LogP contribution in [-0.4, -0.2) is 0 Å². The highest BCUT2D eigenvalue weighted by Crippen LogP contribution is 2.38. The van der Waals surface area contributed by atoms with Crippen LogP contribution in [0.4, 0.5) is 5.69 Å². The maximum absolute atomic E-state index is 6.39. The number of anilines is 1. The molecule has 0 aliphatic carbocycles. The number of hydrogen-bond acceptors (Lipinski definition) is 1. The number of nitrogen functional groups attached to an aromatic ring is 1. The lowest BCUT2D eigenvalue weighted by molar-refractivity contribution is 1.39. The van der Waals surface area contributed by atoms with Crippen molar-refractivity contribution in [1.82, 2.24) is 6.15 Å². The molecule has 0 aromatic heterocycles. The molecule has 0 aliphatic heterocycles. The Bertz CT molecular complexity index is 1070. The molecule has 0 heterocycles. The molecular weight excluding hydrogens is 316 g/mol. The first kappa shape index (κ1) is 17.7. The van der Waals surface area contributed by atoms with Gasteiger partial charge in [-0.2, -0.15) is 0 Å². The maximum Gasteiger partial charge on any atom is 0.0400 e. The number of nitrogens with zero attached hydrogens (tertiary/aromatic N) is 1. The Morgan fingerprint density at radius 3 is 2.04 bits per heavy atom. The van der Waals surface area contributed by atoms with Gasteiger partial charge in [0.05, 0.1) is 0 Å². The minimum atomic E-state index is 0. The minimum absolute atomic E-state index is 0. The summed E-state index contributed by atoms with van der Waals surface area (Å²) in [5.74, 6) is 0. The molecule has 0 fully saturated rings. The zero-order valence-corrected chi connectivity index (χ0v) is 15.0. The van der Waals surface area contributed by atoms with Crippen LogP contribution in [0.15, 0.2) is 78.9 Å². The number of benzene rings is 4. The molecule has 2 heteroatoms. The lowest BCUT2D eigenvalue weighted by atomic mass is 9.89. The van der Waals surface area contributed by atoms with Crippen LogP contribution in [0, 0.1) is 13.8 Å². The summed E-state index contributed by atoms with van der Waals surface area (Å²) in [6.45, 7) is 4.34. The predicted molar refractivity (Wildman–Crippen MR) is 111 cm³/mol. The third kappa shape index (κ3) is 2.96. The van der Waals surface area contributed by atoms with Gasteiger partial charge in [0.1, 0.15) is 0 Å². The highest BCUT2D eigenvalue weighted by atomic mass is 14.6. The van der Waals surface area contributed by atoms with E-state index in [-0.39, 0.29) is 6.15 Å². The molecule has 4 aromatic rings. The fourth-order valence-electron chi connectivity index (χ4n) is 3.60. The van der Waals surface area contributed by atoms with Gasteiger partial charge in [-0.1, -0.05) is 72.8 Å². The Morgan fingerprint density at radius 1 is 0.654 bits per heavy atom. The summed E-state index contributed by atoms with van der Waals surface area (Å²) in [6, 6.07) is 27.6. The number of nitrogens with two attached hydrogens (primary N) is 1. The highest BCUT2D eigenvalue weighted by molar-refractivity contribution is 6.03. The molecule has 0 spiro atoms. The van der Waals surface area contributed by atoms with E-state index in [1.807, 2.05) is 6.07 Å². The topological polar surface area (TPSA) is 56.5 Å². The van der Waals surface area contributed by atoms with E-state index < -0.39 is 0 Å². The molecular formula is C24H21N2. The molecule has 0 unspecified atom stereocenters. The van der Waals surface area contributed by atoms with Gasteiger partial charge in [-0.25, -0.2) is 0 Å². The smallest absolute Gasteiger partial charge is 0.0400 e. The van der Waals surface area contributed by atoms with Crippen LogP contribution in [0.3, 0.4) is 0 Å². The van der Waals surface area contributed by atoms with Crippen LogP contribution in [0.2, 0.25) is 0 Å². The molecule has 0 amide bonds. The van der Waals surface area contributed by atoms with E-state index in [0.717, 1.165) is 11.3 Å². The molecule has 2 nitrogen and oxygen atoms in total. The molecule has 26 heavy (non-hydrogen) atoms. The lowest BCUT2D eigenvalue weighted by Crippen LogP contribution is -1.95. The largest absolute Gasteiger partial charge is 0.398 e. The van der Waals surface area contributed by atoms with Crippen LogP contribution in [0.5, 0.6) is 0 Å². The lowest BCUT2D eigenvalue weighted by Gasteiger charge is -2.16. The van der Waals surface area contributed by atoms with Gasteiger partial charge in [0.25, 0.3) is 0 Å². The van der Waals surface area contributed by atoms with E-state index in [0.29, 0.717) is 0 Å². The Balaban J connectivity index is 0.00000196. The normalized spacial score (nSPS) is 10.5. The Kier molecular flexibility index (Phi) is 4.79. The number of rotatable bonds is 2. The standard InChI is InChI=1S/C24H21N.N/c1-16-15-22(17(2)14-21(16)18-8-4-3-5-9-18)24-20-11-7-6-10-19(20)12-13-23(24)25;/h3-15H,25H2,1-2H3;. The van der Waals surface area contributed by atoms with Crippen molar-refractivity contribution in [1.29, 1.82) is 0 Å². The molecule has 127 valence electrons. The van der Waals surface area contributed by atoms with E-state index >= 15 is 0 Å². The predicted octanol–water partition coefficient (Wildman–Crippen LogP) is 5.89. The van der Waals surface area contributed by atoms with E-state index in [1.165, 1.54) is 38.6 Å². The first-order valence-corrected chi connectivity index (χ1v) is 8.59. The molecule has 0 saturated carbocycles. The molecule has 0 atom stereocenters. The summed E-state index contributed by atoms with van der Waals surface area (Å²) >= 11 is 0. The second-order valence-corrected chi connectivity index (χ2v) is 6.60. The molecule has 3 radical (unpaired) electrons. The van der Waals surface area contributed by atoms with Crippen molar-refractivity contribution in [3.05, 3.63) is 90.0 Å². The molecule has 2 N–H and O–H groups in total.